The molecule has 1 heterocycles. The van der Waals surface area contributed by atoms with Crippen LogP contribution in [0.4, 0.5) is 5.69 Å². The first-order valence-corrected chi connectivity index (χ1v) is 11.2. The minimum Gasteiger partial charge on any atom is -0.465 e. The molecule has 1 amide bonds. The number of amides is 1. The molecule has 0 atom stereocenters. The summed E-state index contributed by atoms with van der Waals surface area (Å²) in [6, 6.07) is 7.26. The minimum absolute atomic E-state index is 0.00941. The monoisotopic (exact) mass is 431 g/mol. The first kappa shape index (κ1) is 21.9. The summed E-state index contributed by atoms with van der Waals surface area (Å²) in [6.45, 7) is 0. The van der Waals surface area contributed by atoms with E-state index >= 15 is 0 Å². The van der Waals surface area contributed by atoms with Gasteiger partial charge in [0.2, 0.25) is 10.0 Å². The Bertz CT molecular complexity index is 1020. The summed E-state index contributed by atoms with van der Waals surface area (Å²) in [5.74, 6) is -1.10. The molecule has 0 bridgehead atoms. The standard InChI is InChI=1S/C21H25N3O5S/c1-24(16-6-4-3-5-7-16)30(27,28)17-10-8-15(9-11-17)20(25)23-19-12-13-22-14-18(19)21(26)29-2/h8-14,16H,3-7H2,1-2H3,(H,22,23,25). The number of aromatic nitrogens is 1. The van der Waals surface area contributed by atoms with Crippen molar-refractivity contribution < 1.29 is 22.7 Å². The number of hydrogen-bond donors (Lipinski definition) is 1. The fraction of sp³-hybridized carbons (Fsp3) is 0.381. The normalized spacial score (nSPS) is 15.0. The van der Waals surface area contributed by atoms with Crippen LogP contribution in [0.15, 0.2) is 47.6 Å². The topological polar surface area (TPSA) is 106 Å². The first-order chi connectivity index (χ1) is 14.3. The SMILES string of the molecule is COC(=O)c1cnccc1NC(=O)c1ccc(S(=O)(=O)N(C)C2CCCCC2)cc1. The number of nitrogens with one attached hydrogen (secondary N) is 1. The predicted octanol–water partition coefficient (Wildman–Crippen LogP) is 3.07. The number of rotatable bonds is 6. The van der Waals surface area contributed by atoms with Crippen LogP contribution in [0.1, 0.15) is 52.8 Å². The zero-order chi connectivity index (χ0) is 21.7. The molecule has 0 unspecified atom stereocenters. The fourth-order valence-electron chi connectivity index (χ4n) is 3.56. The van der Waals surface area contributed by atoms with Crippen molar-refractivity contribution in [3.8, 4) is 0 Å². The van der Waals surface area contributed by atoms with E-state index in [4.69, 9.17) is 0 Å². The maximum absolute atomic E-state index is 12.9. The molecule has 1 aromatic carbocycles. The Balaban J connectivity index is 1.75. The third kappa shape index (κ3) is 4.68. The number of methoxy groups -OCH3 is 1. The van der Waals surface area contributed by atoms with Gasteiger partial charge in [0.15, 0.2) is 0 Å². The van der Waals surface area contributed by atoms with E-state index in [0.717, 1.165) is 32.1 Å². The lowest BCUT2D eigenvalue weighted by Crippen LogP contribution is -2.38. The van der Waals surface area contributed by atoms with Gasteiger partial charge in [-0.25, -0.2) is 13.2 Å². The molecule has 0 radical (unpaired) electrons. The number of sulfonamides is 1. The van der Waals surface area contributed by atoms with E-state index in [1.807, 2.05) is 0 Å². The maximum Gasteiger partial charge on any atom is 0.341 e. The van der Waals surface area contributed by atoms with E-state index in [1.165, 1.54) is 54.1 Å². The molecule has 0 aliphatic heterocycles. The molecule has 30 heavy (non-hydrogen) atoms. The van der Waals surface area contributed by atoms with E-state index < -0.39 is 21.9 Å². The third-order valence-electron chi connectivity index (χ3n) is 5.36. The van der Waals surface area contributed by atoms with Crippen molar-refractivity contribution in [3.05, 3.63) is 53.9 Å². The number of anilines is 1. The van der Waals surface area contributed by atoms with Gasteiger partial charge < -0.3 is 10.1 Å². The molecule has 160 valence electrons. The first-order valence-electron chi connectivity index (χ1n) is 9.76. The van der Waals surface area contributed by atoms with Crippen molar-refractivity contribution in [1.82, 2.24) is 9.29 Å². The van der Waals surface area contributed by atoms with Gasteiger partial charge in [0.25, 0.3) is 5.91 Å². The van der Waals surface area contributed by atoms with Crippen molar-refractivity contribution in [2.75, 3.05) is 19.5 Å². The zero-order valence-electron chi connectivity index (χ0n) is 17.0. The van der Waals surface area contributed by atoms with Crippen LogP contribution in [0, 0.1) is 0 Å². The summed E-state index contributed by atoms with van der Waals surface area (Å²) in [4.78, 5) is 28.4. The molecule has 9 heteroatoms. The van der Waals surface area contributed by atoms with Gasteiger partial charge in [-0.1, -0.05) is 19.3 Å². The number of benzene rings is 1. The van der Waals surface area contributed by atoms with Gasteiger partial charge in [0, 0.05) is 31.0 Å². The fourth-order valence-corrected chi connectivity index (χ4v) is 4.97. The van der Waals surface area contributed by atoms with Gasteiger partial charge in [-0.15, -0.1) is 0 Å². The predicted molar refractivity (Wildman–Crippen MR) is 112 cm³/mol. The molecule has 1 fully saturated rings. The number of carbonyl (C=O) groups excluding carboxylic acids is 2. The van der Waals surface area contributed by atoms with Crippen LogP contribution in [-0.2, 0) is 14.8 Å². The lowest BCUT2D eigenvalue weighted by molar-refractivity contribution is 0.0601. The lowest BCUT2D eigenvalue weighted by Gasteiger charge is -2.30. The van der Waals surface area contributed by atoms with Crippen LogP contribution in [0.2, 0.25) is 0 Å². The van der Waals surface area contributed by atoms with Gasteiger partial charge in [-0.2, -0.15) is 4.31 Å². The highest BCUT2D eigenvalue weighted by Crippen LogP contribution is 2.26. The molecular weight excluding hydrogens is 406 g/mol. The van der Waals surface area contributed by atoms with E-state index in [9.17, 15) is 18.0 Å². The highest BCUT2D eigenvalue weighted by atomic mass is 32.2. The van der Waals surface area contributed by atoms with Crippen molar-refractivity contribution in [1.29, 1.82) is 0 Å². The van der Waals surface area contributed by atoms with Crippen molar-refractivity contribution in [3.63, 3.8) is 0 Å². The van der Waals surface area contributed by atoms with Crippen molar-refractivity contribution in [2.24, 2.45) is 0 Å². The molecule has 1 aromatic heterocycles. The smallest absolute Gasteiger partial charge is 0.341 e. The summed E-state index contributed by atoms with van der Waals surface area (Å²) in [5, 5.41) is 2.64. The Hall–Kier alpha value is -2.78. The van der Waals surface area contributed by atoms with Crippen LogP contribution in [0.3, 0.4) is 0 Å². The van der Waals surface area contributed by atoms with Gasteiger partial charge in [-0.3, -0.25) is 9.78 Å². The number of hydrogen-bond acceptors (Lipinski definition) is 6. The summed E-state index contributed by atoms with van der Waals surface area (Å²) < 4.78 is 32.0. The number of pyridine rings is 1. The Morgan fingerprint density at radius 1 is 1.10 bits per heavy atom. The van der Waals surface area contributed by atoms with Crippen LogP contribution < -0.4 is 5.32 Å². The summed E-state index contributed by atoms with van der Waals surface area (Å²) >= 11 is 0. The van der Waals surface area contributed by atoms with Gasteiger partial charge >= 0.3 is 5.97 Å². The summed E-state index contributed by atoms with van der Waals surface area (Å²) in [6.07, 6.45) is 7.69. The van der Waals surface area contributed by atoms with E-state index in [1.54, 1.807) is 7.05 Å². The second kappa shape index (κ2) is 9.36. The second-order valence-corrected chi connectivity index (χ2v) is 9.20. The number of esters is 1. The van der Waals surface area contributed by atoms with Gasteiger partial charge in [0.05, 0.1) is 17.7 Å². The molecular formula is C21H25N3O5S. The molecule has 3 rings (SSSR count). The van der Waals surface area contributed by atoms with Crippen LogP contribution in [-0.4, -0.2) is 49.8 Å². The average molecular weight is 432 g/mol. The number of carbonyl (C=O) groups is 2. The number of ether oxygens (including phenoxy) is 1. The van der Waals surface area contributed by atoms with Crippen LogP contribution in [0.25, 0.3) is 0 Å². The zero-order valence-corrected chi connectivity index (χ0v) is 17.8. The Labute approximate surface area is 176 Å². The van der Waals surface area contributed by atoms with Gasteiger partial charge in [-0.05, 0) is 43.2 Å². The lowest BCUT2D eigenvalue weighted by atomic mass is 9.96. The van der Waals surface area contributed by atoms with Crippen molar-refractivity contribution >= 4 is 27.6 Å². The van der Waals surface area contributed by atoms with E-state index in [-0.39, 0.29) is 27.8 Å². The molecule has 1 aliphatic rings. The van der Waals surface area contributed by atoms with Crippen LogP contribution in [0.5, 0.6) is 0 Å². The molecule has 1 saturated carbocycles. The molecule has 1 aliphatic carbocycles. The largest absolute Gasteiger partial charge is 0.465 e. The third-order valence-corrected chi connectivity index (χ3v) is 7.28. The van der Waals surface area contributed by atoms with Crippen LogP contribution >= 0.6 is 0 Å². The highest BCUT2D eigenvalue weighted by molar-refractivity contribution is 7.89. The molecule has 8 nitrogen and oxygen atoms in total. The average Bonchev–Trinajstić information content (AvgIpc) is 2.79. The second-order valence-electron chi connectivity index (χ2n) is 7.20. The highest BCUT2D eigenvalue weighted by Gasteiger charge is 2.29. The van der Waals surface area contributed by atoms with Gasteiger partial charge in [0.1, 0.15) is 5.56 Å². The summed E-state index contributed by atoms with van der Waals surface area (Å²) in [7, 11) is -0.774. The summed E-state index contributed by atoms with van der Waals surface area (Å²) in [5.41, 5.74) is 0.652. The molecule has 0 spiro atoms. The number of nitrogens with zero attached hydrogens (tertiary/aromatic N) is 2. The Morgan fingerprint density at radius 2 is 1.77 bits per heavy atom. The maximum atomic E-state index is 12.9. The molecule has 0 saturated heterocycles. The Kier molecular flexibility index (Phi) is 6.84. The molecule has 1 N–H and O–H groups in total. The van der Waals surface area contributed by atoms with E-state index in [2.05, 4.69) is 15.0 Å². The quantitative estimate of drug-likeness (QED) is 0.705. The molecule has 2 aromatic rings. The minimum atomic E-state index is -3.63. The van der Waals surface area contributed by atoms with Crippen molar-refractivity contribution in [2.45, 2.75) is 43.0 Å². The Morgan fingerprint density at radius 3 is 2.40 bits per heavy atom. The van der Waals surface area contributed by atoms with E-state index in [0.29, 0.717) is 0 Å².